The molecule has 0 aromatic carbocycles. The fourth-order valence-electron chi connectivity index (χ4n) is 2.58. The van der Waals surface area contributed by atoms with Crippen LogP contribution in [0.15, 0.2) is 0 Å². The molecule has 0 bridgehead atoms. The van der Waals surface area contributed by atoms with Gasteiger partial charge in [-0.1, -0.05) is 6.42 Å². The lowest BCUT2D eigenvalue weighted by Gasteiger charge is -2.32. The molecule has 1 aliphatic rings. The van der Waals surface area contributed by atoms with Gasteiger partial charge in [-0.2, -0.15) is 13.2 Å². The number of hydrogen-bond donors (Lipinski definition) is 3. The number of halogens is 3. The number of carbonyl (C=O) groups excluding carboxylic acids is 1. The molecular formula is C14H22F3N5O3. The molecule has 0 radical (unpaired) electrons. The highest BCUT2D eigenvalue weighted by Crippen LogP contribution is 2.25. The second kappa shape index (κ2) is 9.97. The number of nitrogens with zero attached hydrogens (tertiary/aromatic N) is 3. The van der Waals surface area contributed by atoms with E-state index in [-0.39, 0.29) is 24.7 Å². The van der Waals surface area contributed by atoms with Crippen LogP contribution in [0.4, 0.5) is 13.2 Å². The fourth-order valence-corrected chi connectivity index (χ4v) is 2.58. The second-order valence-corrected chi connectivity index (χ2v) is 5.65. The normalized spacial score (nSPS) is 18.2. The smallest absolute Gasteiger partial charge is 0.453 e. The average molecular weight is 365 g/mol. The molecule has 1 aromatic heterocycles. The van der Waals surface area contributed by atoms with Gasteiger partial charge in [-0.25, -0.2) is 4.98 Å². The Balaban J connectivity index is 0.000000970. The second-order valence-electron chi connectivity index (χ2n) is 5.65. The van der Waals surface area contributed by atoms with Crippen molar-refractivity contribution in [1.29, 1.82) is 0 Å². The van der Waals surface area contributed by atoms with Gasteiger partial charge in [0.2, 0.25) is 5.91 Å². The molecule has 1 aliphatic heterocycles. The van der Waals surface area contributed by atoms with Crippen LogP contribution in [0.25, 0.3) is 0 Å². The van der Waals surface area contributed by atoms with Gasteiger partial charge in [0, 0.05) is 12.5 Å². The third-order valence-electron chi connectivity index (χ3n) is 3.86. The molecule has 1 unspecified atom stereocenters. The molecule has 142 valence electrons. The van der Waals surface area contributed by atoms with Crippen molar-refractivity contribution in [2.24, 2.45) is 0 Å². The van der Waals surface area contributed by atoms with Crippen molar-refractivity contribution in [3.63, 3.8) is 0 Å². The number of H-pyrrole nitrogens is 1. The third-order valence-corrected chi connectivity index (χ3v) is 3.86. The molecule has 1 amide bonds. The van der Waals surface area contributed by atoms with Crippen molar-refractivity contribution in [2.75, 3.05) is 13.6 Å². The number of aromatic amines is 1. The minimum atomic E-state index is -4.58. The molecule has 0 saturated carbocycles. The number of amides is 1. The minimum Gasteiger partial charge on any atom is -0.483 e. The Kier molecular flexibility index (Phi) is 8.32. The standard InChI is InChI=1S/C13H20F3N5O.CH2O2/c1-21-7-3-2-4-9(21)5-6-11(22)17-8-10-18-12(20-19-10)13(14,15)16;2-1-3/h9H,2-8H2,1H3,(H,17,22)(H,18,19,20);1H,(H,2,3). The number of aromatic nitrogens is 3. The summed E-state index contributed by atoms with van der Waals surface area (Å²) >= 11 is 0. The van der Waals surface area contributed by atoms with Gasteiger partial charge in [-0.05, 0) is 32.9 Å². The van der Waals surface area contributed by atoms with Gasteiger partial charge in [0.25, 0.3) is 12.3 Å². The van der Waals surface area contributed by atoms with Crippen LogP contribution in [-0.4, -0.2) is 57.2 Å². The fraction of sp³-hybridized carbons (Fsp3) is 0.714. The van der Waals surface area contributed by atoms with Crippen LogP contribution in [0.2, 0.25) is 0 Å². The van der Waals surface area contributed by atoms with E-state index in [4.69, 9.17) is 9.90 Å². The maximum atomic E-state index is 12.3. The summed E-state index contributed by atoms with van der Waals surface area (Å²) in [6, 6.07) is 0.404. The lowest BCUT2D eigenvalue weighted by molar-refractivity contribution is -0.144. The number of nitrogens with one attached hydrogen (secondary N) is 2. The van der Waals surface area contributed by atoms with Crippen molar-refractivity contribution in [3.05, 3.63) is 11.6 Å². The molecule has 2 rings (SSSR count). The Morgan fingerprint density at radius 2 is 2.16 bits per heavy atom. The van der Waals surface area contributed by atoms with E-state index in [1.165, 1.54) is 12.8 Å². The summed E-state index contributed by atoms with van der Waals surface area (Å²) in [7, 11) is 2.05. The highest BCUT2D eigenvalue weighted by molar-refractivity contribution is 5.75. The SMILES string of the molecule is CN1CCCCC1CCC(=O)NCc1nc(C(F)(F)F)n[nH]1.O=CO. The summed E-state index contributed by atoms with van der Waals surface area (Å²) in [6.07, 6.45) is -0.0197. The lowest BCUT2D eigenvalue weighted by Crippen LogP contribution is -2.37. The van der Waals surface area contributed by atoms with E-state index >= 15 is 0 Å². The van der Waals surface area contributed by atoms with E-state index in [2.05, 4.69) is 32.4 Å². The van der Waals surface area contributed by atoms with E-state index in [1.54, 1.807) is 0 Å². The highest BCUT2D eigenvalue weighted by Gasteiger charge is 2.36. The number of carbonyl (C=O) groups is 2. The number of rotatable bonds is 5. The number of likely N-dealkylation sites (tertiary alicyclic amines) is 1. The Morgan fingerprint density at radius 1 is 1.48 bits per heavy atom. The maximum Gasteiger partial charge on any atom is 0.453 e. The van der Waals surface area contributed by atoms with Crippen molar-refractivity contribution < 1.29 is 27.9 Å². The first-order chi connectivity index (χ1) is 11.8. The molecule has 25 heavy (non-hydrogen) atoms. The summed E-state index contributed by atoms with van der Waals surface area (Å²) in [5.41, 5.74) is 0. The van der Waals surface area contributed by atoms with Gasteiger partial charge in [0.05, 0.1) is 6.54 Å². The molecule has 1 saturated heterocycles. The predicted octanol–water partition coefficient (Wildman–Crippen LogP) is 1.41. The van der Waals surface area contributed by atoms with Crippen molar-refractivity contribution in [3.8, 4) is 0 Å². The Bertz CT molecular complexity index is 550. The molecule has 1 atom stereocenters. The first kappa shape index (κ1) is 20.9. The third kappa shape index (κ3) is 7.50. The van der Waals surface area contributed by atoms with Crippen LogP contribution in [0, 0.1) is 0 Å². The lowest BCUT2D eigenvalue weighted by atomic mass is 9.98. The van der Waals surface area contributed by atoms with Crippen LogP contribution in [0.1, 0.15) is 43.8 Å². The van der Waals surface area contributed by atoms with E-state index in [0.29, 0.717) is 12.5 Å². The molecule has 1 aromatic rings. The zero-order valence-electron chi connectivity index (χ0n) is 13.8. The van der Waals surface area contributed by atoms with Crippen LogP contribution in [0.5, 0.6) is 0 Å². The number of hydrogen-bond acceptors (Lipinski definition) is 5. The molecular weight excluding hydrogens is 343 g/mol. The highest BCUT2D eigenvalue weighted by atomic mass is 19.4. The topological polar surface area (TPSA) is 111 Å². The zero-order chi connectivity index (χ0) is 18.9. The summed E-state index contributed by atoms with van der Waals surface area (Å²) in [6.45, 7) is 0.715. The first-order valence-corrected chi connectivity index (χ1v) is 7.81. The van der Waals surface area contributed by atoms with E-state index in [0.717, 1.165) is 19.4 Å². The van der Waals surface area contributed by atoms with Crippen molar-refractivity contribution in [2.45, 2.75) is 50.9 Å². The molecule has 8 nitrogen and oxygen atoms in total. The predicted molar refractivity (Wildman–Crippen MR) is 81.4 cm³/mol. The van der Waals surface area contributed by atoms with Crippen LogP contribution >= 0.6 is 0 Å². The van der Waals surface area contributed by atoms with Crippen molar-refractivity contribution >= 4 is 12.4 Å². The van der Waals surface area contributed by atoms with Gasteiger partial charge < -0.3 is 15.3 Å². The Hall–Kier alpha value is -2.17. The van der Waals surface area contributed by atoms with Crippen LogP contribution in [-0.2, 0) is 22.3 Å². The quantitative estimate of drug-likeness (QED) is 0.680. The largest absolute Gasteiger partial charge is 0.483 e. The summed E-state index contributed by atoms with van der Waals surface area (Å²) < 4.78 is 37.0. The minimum absolute atomic E-state index is 0.00420. The average Bonchev–Trinajstić information content (AvgIpc) is 3.02. The maximum absolute atomic E-state index is 12.3. The number of carboxylic acid groups (broad SMARTS) is 1. The molecule has 3 N–H and O–H groups in total. The number of alkyl halides is 3. The van der Waals surface area contributed by atoms with Gasteiger partial charge in [-0.3, -0.25) is 14.7 Å². The monoisotopic (exact) mass is 365 g/mol. The van der Waals surface area contributed by atoms with Gasteiger partial charge >= 0.3 is 6.18 Å². The van der Waals surface area contributed by atoms with E-state index in [1.807, 2.05) is 0 Å². The van der Waals surface area contributed by atoms with Crippen LogP contribution in [0.3, 0.4) is 0 Å². The molecule has 2 heterocycles. The van der Waals surface area contributed by atoms with Crippen LogP contribution < -0.4 is 5.32 Å². The molecule has 0 spiro atoms. The molecule has 0 aliphatic carbocycles. The Morgan fingerprint density at radius 3 is 2.72 bits per heavy atom. The Labute approximate surface area is 142 Å². The molecule has 11 heteroatoms. The number of piperidine rings is 1. The summed E-state index contributed by atoms with van der Waals surface area (Å²) in [4.78, 5) is 25.7. The zero-order valence-corrected chi connectivity index (χ0v) is 13.8. The van der Waals surface area contributed by atoms with Gasteiger partial charge in [0.15, 0.2) is 0 Å². The van der Waals surface area contributed by atoms with Gasteiger partial charge in [-0.15, -0.1) is 5.10 Å². The van der Waals surface area contributed by atoms with E-state index in [9.17, 15) is 18.0 Å². The summed E-state index contributed by atoms with van der Waals surface area (Å²) in [5, 5.41) is 14.7. The molecule has 1 fully saturated rings. The van der Waals surface area contributed by atoms with E-state index < -0.39 is 12.0 Å². The van der Waals surface area contributed by atoms with Crippen molar-refractivity contribution in [1.82, 2.24) is 25.4 Å². The van der Waals surface area contributed by atoms with Gasteiger partial charge in [0.1, 0.15) is 5.82 Å². The summed E-state index contributed by atoms with van der Waals surface area (Å²) in [5.74, 6) is -1.42. The first-order valence-electron chi connectivity index (χ1n) is 7.81.